The third-order valence-electron chi connectivity index (χ3n) is 1.90. The molecule has 2 rings (SSSR count). The molecule has 0 atom stereocenters. The van der Waals surface area contributed by atoms with Crippen molar-refractivity contribution in [1.29, 1.82) is 0 Å². The monoisotopic (exact) mass is 201 g/mol. The Labute approximate surface area is 86.7 Å². The number of nitrogens with zero attached hydrogens (tertiary/aromatic N) is 4. The molecular weight excluding hydrogens is 192 g/mol. The van der Waals surface area contributed by atoms with E-state index in [0.29, 0.717) is 17.1 Å². The first-order chi connectivity index (χ1) is 7.18. The molecule has 0 N–H and O–H groups in total. The van der Waals surface area contributed by atoms with E-state index >= 15 is 0 Å². The van der Waals surface area contributed by atoms with Crippen LogP contribution in [-0.2, 0) is 7.05 Å². The molecule has 0 aliphatic heterocycles. The van der Waals surface area contributed by atoms with Crippen molar-refractivity contribution in [2.24, 2.45) is 7.05 Å². The van der Waals surface area contributed by atoms with Crippen LogP contribution in [-0.4, -0.2) is 19.7 Å². The van der Waals surface area contributed by atoms with Gasteiger partial charge in [0.25, 0.3) is 0 Å². The van der Waals surface area contributed by atoms with Crippen LogP contribution >= 0.6 is 0 Å². The first-order valence-corrected chi connectivity index (χ1v) is 4.36. The van der Waals surface area contributed by atoms with Crippen LogP contribution in [0.1, 0.15) is 5.69 Å². The third kappa shape index (κ3) is 1.71. The largest absolute Gasteiger partial charge is 0.871 e. The van der Waals surface area contributed by atoms with Crippen LogP contribution in [0.4, 0.5) is 0 Å². The average molecular weight is 201 g/mol. The highest BCUT2D eigenvalue weighted by atomic mass is 16.3. The zero-order chi connectivity index (χ0) is 10.8. The molecule has 0 aliphatic carbocycles. The van der Waals surface area contributed by atoms with Crippen molar-refractivity contribution >= 4 is 5.76 Å². The molecule has 5 heteroatoms. The molecule has 0 bridgehead atoms. The van der Waals surface area contributed by atoms with Gasteiger partial charge in [-0.2, -0.15) is 5.10 Å². The number of hydrogen-bond donors (Lipinski definition) is 0. The SMILES string of the molecule is C=C([O-])c1nn(C)cc1-c1ncccn1. The molecule has 0 unspecified atom stereocenters. The summed E-state index contributed by atoms with van der Waals surface area (Å²) in [5.74, 6) is 0.149. The average Bonchev–Trinajstić information content (AvgIpc) is 2.62. The van der Waals surface area contributed by atoms with Gasteiger partial charge in [0, 0.05) is 25.6 Å². The van der Waals surface area contributed by atoms with Gasteiger partial charge < -0.3 is 5.11 Å². The number of aryl methyl sites for hydroxylation is 1. The second-order valence-electron chi connectivity index (χ2n) is 3.06. The Morgan fingerprint density at radius 3 is 2.67 bits per heavy atom. The first-order valence-electron chi connectivity index (χ1n) is 4.36. The summed E-state index contributed by atoms with van der Waals surface area (Å²) in [6.45, 7) is 3.34. The summed E-state index contributed by atoms with van der Waals surface area (Å²) in [6, 6.07) is 1.71. The van der Waals surface area contributed by atoms with Gasteiger partial charge in [0.05, 0.1) is 11.3 Å². The van der Waals surface area contributed by atoms with E-state index < -0.39 is 0 Å². The fourth-order valence-corrected chi connectivity index (χ4v) is 1.30. The van der Waals surface area contributed by atoms with Crippen LogP contribution < -0.4 is 5.11 Å². The predicted octanol–water partition coefficient (Wildman–Crippen LogP) is 0.208. The molecule has 0 saturated heterocycles. The lowest BCUT2D eigenvalue weighted by atomic mass is 10.2. The summed E-state index contributed by atoms with van der Waals surface area (Å²) < 4.78 is 1.55. The Hall–Kier alpha value is -2.17. The van der Waals surface area contributed by atoms with Gasteiger partial charge in [-0.1, -0.05) is 5.76 Å². The molecule has 0 amide bonds. The van der Waals surface area contributed by atoms with E-state index in [1.165, 1.54) is 0 Å². The standard InChI is InChI=1S/C10H10N4O/c1-7(15)9-8(6-14(2)13-9)10-11-4-3-5-12-10/h3-6,15H,1H2,2H3/p-1. The van der Waals surface area contributed by atoms with Gasteiger partial charge in [-0.05, 0) is 6.07 Å². The first kappa shape index (κ1) is 9.39. The van der Waals surface area contributed by atoms with E-state index in [1.54, 1.807) is 36.4 Å². The molecule has 0 spiro atoms. The molecule has 0 radical (unpaired) electrons. The minimum atomic E-state index is -0.335. The van der Waals surface area contributed by atoms with Gasteiger partial charge in [0.2, 0.25) is 0 Å². The molecule has 0 aromatic carbocycles. The van der Waals surface area contributed by atoms with E-state index in [0.717, 1.165) is 0 Å². The van der Waals surface area contributed by atoms with Crippen molar-refractivity contribution in [1.82, 2.24) is 19.7 Å². The quantitative estimate of drug-likeness (QED) is 0.651. The van der Waals surface area contributed by atoms with Gasteiger partial charge in [-0.15, -0.1) is 6.58 Å². The zero-order valence-electron chi connectivity index (χ0n) is 8.21. The van der Waals surface area contributed by atoms with Crippen LogP contribution in [0, 0.1) is 0 Å². The molecule has 0 fully saturated rings. The van der Waals surface area contributed by atoms with Gasteiger partial charge in [-0.25, -0.2) is 9.97 Å². The van der Waals surface area contributed by atoms with E-state index in [1.807, 2.05) is 0 Å². The number of aromatic nitrogens is 4. The highest BCUT2D eigenvalue weighted by Crippen LogP contribution is 2.20. The number of hydrogen-bond acceptors (Lipinski definition) is 4. The van der Waals surface area contributed by atoms with Crippen molar-refractivity contribution in [2.75, 3.05) is 0 Å². The lowest BCUT2D eigenvalue weighted by molar-refractivity contribution is -0.243. The minimum absolute atomic E-state index is 0.295. The van der Waals surface area contributed by atoms with Crippen LogP contribution in [0.5, 0.6) is 0 Å². The maximum Gasteiger partial charge on any atom is 0.162 e. The highest BCUT2D eigenvalue weighted by Gasteiger charge is 2.10. The molecule has 2 aromatic rings. The normalized spacial score (nSPS) is 10.2. The van der Waals surface area contributed by atoms with Gasteiger partial charge in [0.1, 0.15) is 0 Å². The molecule has 0 aliphatic rings. The maximum atomic E-state index is 11.2. The Bertz CT molecular complexity index is 489. The zero-order valence-corrected chi connectivity index (χ0v) is 8.21. The summed E-state index contributed by atoms with van der Waals surface area (Å²) in [4.78, 5) is 8.12. The highest BCUT2D eigenvalue weighted by molar-refractivity contribution is 5.69. The van der Waals surface area contributed by atoms with Crippen LogP contribution in [0.2, 0.25) is 0 Å². The van der Waals surface area contributed by atoms with Crippen LogP contribution in [0.25, 0.3) is 17.1 Å². The summed E-state index contributed by atoms with van der Waals surface area (Å²) in [5.41, 5.74) is 0.904. The van der Waals surface area contributed by atoms with E-state index in [2.05, 4.69) is 21.6 Å². The molecule has 5 nitrogen and oxygen atoms in total. The maximum absolute atomic E-state index is 11.2. The summed E-state index contributed by atoms with van der Waals surface area (Å²) in [7, 11) is 1.74. The topological polar surface area (TPSA) is 66.7 Å². The van der Waals surface area contributed by atoms with Crippen molar-refractivity contribution in [3.05, 3.63) is 36.9 Å². The smallest absolute Gasteiger partial charge is 0.162 e. The molecule has 76 valence electrons. The minimum Gasteiger partial charge on any atom is -0.871 e. The number of rotatable bonds is 2. The van der Waals surface area contributed by atoms with Crippen LogP contribution in [0.15, 0.2) is 31.2 Å². The molecule has 2 aromatic heterocycles. The van der Waals surface area contributed by atoms with E-state index in [-0.39, 0.29) is 5.76 Å². The van der Waals surface area contributed by atoms with E-state index in [4.69, 9.17) is 0 Å². The second-order valence-corrected chi connectivity index (χ2v) is 3.06. The fraction of sp³-hybridized carbons (Fsp3) is 0.100. The predicted molar refractivity (Wildman–Crippen MR) is 53.3 cm³/mol. The van der Waals surface area contributed by atoms with Gasteiger partial charge >= 0.3 is 0 Å². The second kappa shape index (κ2) is 3.53. The van der Waals surface area contributed by atoms with Crippen LogP contribution in [0.3, 0.4) is 0 Å². The Kier molecular flexibility index (Phi) is 2.21. The Morgan fingerprint density at radius 1 is 1.40 bits per heavy atom. The Balaban J connectivity index is 2.58. The lowest BCUT2D eigenvalue weighted by Gasteiger charge is -2.06. The molecular formula is C10H9N4O-. The Morgan fingerprint density at radius 2 is 2.07 bits per heavy atom. The van der Waals surface area contributed by atoms with Crippen molar-refractivity contribution in [2.45, 2.75) is 0 Å². The lowest BCUT2D eigenvalue weighted by Crippen LogP contribution is -2.03. The molecule has 2 heterocycles. The van der Waals surface area contributed by atoms with Crippen molar-refractivity contribution in [3.8, 4) is 11.4 Å². The van der Waals surface area contributed by atoms with Crippen molar-refractivity contribution in [3.63, 3.8) is 0 Å². The summed E-state index contributed by atoms with van der Waals surface area (Å²) in [6.07, 6.45) is 4.94. The van der Waals surface area contributed by atoms with Gasteiger partial charge in [0.15, 0.2) is 5.82 Å². The van der Waals surface area contributed by atoms with Gasteiger partial charge in [-0.3, -0.25) is 4.68 Å². The summed E-state index contributed by atoms with van der Waals surface area (Å²) in [5, 5.41) is 15.2. The molecule has 15 heavy (non-hydrogen) atoms. The molecule has 0 saturated carbocycles. The fourth-order valence-electron chi connectivity index (χ4n) is 1.30. The van der Waals surface area contributed by atoms with E-state index in [9.17, 15) is 5.11 Å². The summed E-state index contributed by atoms with van der Waals surface area (Å²) >= 11 is 0. The van der Waals surface area contributed by atoms with Crippen molar-refractivity contribution < 1.29 is 5.11 Å². The third-order valence-corrected chi connectivity index (χ3v) is 1.90.